The molecule has 3 aromatic rings. The van der Waals surface area contributed by atoms with Crippen LogP contribution < -0.4 is 10.5 Å². The summed E-state index contributed by atoms with van der Waals surface area (Å²) in [6, 6.07) is 17.5. The summed E-state index contributed by atoms with van der Waals surface area (Å²) in [4.78, 5) is 4.57. The number of pyridine rings is 1. The number of nitrogens with two attached hydrogens (primary N) is 1. The molecule has 1 aromatic heterocycles. The van der Waals surface area contributed by atoms with E-state index in [0.717, 1.165) is 26.8 Å². The third-order valence-electron chi connectivity index (χ3n) is 2.99. The van der Waals surface area contributed by atoms with Crippen molar-refractivity contribution in [3.05, 3.63) is 64.8 Å². The van der Waals surface area contributed by atoms with Crippen LogP contribution >= 0.6 is 15.9 Å². The molecular weight excluding hydrogens is 316 g/mol. The molecule has 20 heavy (non-hydrogen) atoms. The van der Waals surface area contributed by atoms with Crippen molar-refractivity contribution in [3.63, 3.8) is 0 Å². The van der Waals surface area contributed by atoms with Gasteiger partial charge < -0.3 is 10.5 Å². The Balaban J connectivity index is 1.81. The van der Waals surface area contributed by atoms with E-state index in [0.29, 0.717) is 12.3 Å². The normalized spacial score (nSPS) is 10.7. The van der Waals surface area contributed by atoms with Gasteiger partial charge in [0, 0.05) is 17.1 Å². The maximum Gasteiger partial charge on any atom is 0.136 e. The van der Waals surface area contributed by atoms with E-state index in [4.69, 9.17) is 10.5 Å². The summed E-state index contributed by atoms with van der Waals surface area (Å²) in [6.45, 7) is 0.410. The number of halogens is 1. The maximum absolute atomic E-state index is 5.76. The van der Waals surface area contributed by atoms with Crippen LogP contribution in [-0.4, -0.2) is 4.98 Å². The summed E-state index contributed by atoms with van der Waals surface area (Å²) < 4.78 is 6.65. The molecule has 2 N–H and O–H groups in total. The number of aromatic nitrogens is 1. The summed E-state index contributed by atoms with van der Waals surface area (Å²) >= 11 is 3.44. The lowest BCUT2D eigenvalue weighted by Gasteiger charge is -2.09. The highest BCUT2D eigenvalue weighted by molar-refractivity contribution is 9.10. The van der Waals surface area contributed by atoms with E-state index >= 15 is 0 Å². The third-order valence-corrected chi connectivity index (χ3v) is 3.64. The molecule has 3 nitrogen and oxygen atoms in total. The highest BCUT2D eigenvalue weighted by atomic mass is 79.9. The summed E-state index contributed by atoms with van der Waals surface area (Å²) in [5.41, 5.74) is 8.29. The zero-order valence-electron chi connectivity index (χ0n) is 10.7. The maximum atomic E-state index is 5.76. The minimum absolute atomic E-state index is 0.410. The second-order valence-corrected chi connectivity index (χ2v) is 5.33. The van der Waals surface area contributed by atoms with Gasteiger partial charge in [-0.2, -0.15) is 0 Å². The van der Waals surface area contributed by atoms with E-state index in [1.54, 1.807) is 6.07 Å². The molecule has 0 aliphatic rings. The van der Waals surface area contributed by atoms with Crippen molar-refractivity contribution in [2.75, 3.05) is 5.73 Å². The van der Waals surface area contributed by atoms with Crippen LogP contribution in [0.1, 0.15) is 5.69 Å². The number of fused-ring (bicyclic) bond motifs is 1. The zero-order chi connectivity index (χ0) is 13.9. The first-order chi connectivity index (χ1) is 9.72. The monoisotopic (exact) mass is 328 g/mol. The molecule has 0 spiro atoms. The Morgan fingerprint density at radius 2 is 1.90 bits per heavy atom. The Bertz CT molecular complexity index is 758. The molecule has 2 aromatic carbocycles. The fourth-order valence-corrected chi connectivity index (χ4v) is 2.33. The first-order valence-electron chi connectivity index (χ1n) is 6.25. The topological polar surface area (TPSA) is 48.1 Å². The highest BCUT2D eigenvalue weighted by Gasteiger charge is 2.03. The number of nitrogens with zero attached hydrogens (tertiary/aromatic N) is 1. The van der Waals surface area contributed by atoms with Crippen molar-refractivity contribution < 1.29 is 4.74 Å². The van der Waals surface area contributed by atoms with Gasteiger partial charge in [-0.25, -0.2) is 4.98 Å². The molecule has 0 fully saturated rings. The fourth-order valence-electron chi connectivity index (χ4n) is 1.97. The van der Waals surface area contributed by atoms with Crippen molar-refractivity contribution in [2.45, 2.75) is 6.61 Å². The van der Waals surface area contributed by atoms with E-state index in [1.807, 2.05) is 42.5 Å². The Morgan fingerprint density at radius 3 is 2.80 bits per heavy atom. The number of rotatable bonds is 3. The van der Waals surface area contributed by atoms with Gasteiger partial charge in [-0.05, 0) is 40.2 Å². The lowest BCUT2D eigenvalue weighted by Crippen LogP contribution is -1.99. The SMILES string of the molecule is Nc1ccc(Br)c(OCc2ccc3ccccc3n2)c1. The molecular formula is C16H13BrN2O. The van der Waals surface area contributed by atoms with Crippen LogP contribution in [0.4, 0.5) is 5.69 Å². The molecule has 100 valence electrons. The van der Waals surface area contributed by atoms with Gasteiger partial charge in [0.05, 0.1) is 15.7 Å². The molecule has 0 saturated carbocycles. The van der Waals surface area contributed by atoms with E-state index in [2.05, 4.69) is 27.0 Å². The number of benzene rings is 2. The molecule has 0 amide bonds. The van der Waals surface area contributed by atoms with Crippen LogP contribution in [0, 0.1) is 0 Å². The van der Waals surface area contributed by atoms with Gasteiger partial charge in [0.25, 0.3) is 0 Å². The molecule has 0 aliphatic heterocycles. The van der Waals surface area contributed by atoms with E-state index < -0.39 is 0 Å². The van der Waals surface area contributed by atoms with Crippen LogP contribution in [0.15, 0.2) is 59.1 Å². The molecule has 3 rings (SSSR count). The second-order valence-electron chi connectivity index (χ2n) is 4.47. The zero-order valence-corrected chi connectivity index (χ0v) is 12.3. The average molecular weight is 329 g/mol. The number of nitrogen functional groups attached to an aromatic ring is 1. The molecule has 0 unspecified atom stereocenters. The van der Waals surface area contributed by atoms with E-state index in [-0.39, 0.29) is 0 Å². The standard InChI is InChI=1S/C16H13BrN2O/c17-14-8-6-12(18)9-16(14)20-10-13-7-5-11-3-1-2-4-15(11)19-13/h1-9H,10,18H2. The number of hydrogen-bond acceptors (Lipinski definition) is 3. The predicted octanol–water partition coefficient (Wildman–Crippen LogP) is 4.16. The minimum atomic E-state index is 0.410. The molecule has 1 heterocycles. The van der Waals surface area contributed by atoms with E-state index in [9.17, 15) is 0 Å². The Kier molecular flexibility index (Phi) is 3.56. The van der Waals surface area contributed by atoms with Crippen LogP contribution in [0.25, 0.3) is 10.9 Å². The predicted molar refractivity (Wildman–Crippen MR) is 84.6 cm³/mol. The van der Waals surface area contributed by atoms with Gasteiger partial charge in [-0.15, -0.1) is 0 Å². The van der Waals surface area contributed by atoms with Crippen LogP contribution in [0.5, 0.6) is 5.75 Å². The van der Waals surface area contributed by atoms with Crippen molar-refractivity contribution in [1.29, 1.82) is 0 Å². The average Bonchev–Trinajstić information content (AvgIpc) is 2.48. The summed E-state index contributed by atoms with van der Waals surface area (Å²) in [7, 11) is 0. The molecule has 0 aliphatic carbocycles. The minimum Gasteiger partial charge on any atom is -0.486 e. The van der Waals surface area contributed by atoms with Crippen molar-refractivity contribution >= 4 is 32.5 Å². The Labute approximate surface area is 125 Å². The largest absolute Gasteiger partial charge is 0.486 e. The lowest BCUT2D eigenvalue weighted by molar-refractivity contribution is 0.300. The quantitative estimate of drug-likeness (QED) is 0.734. The van der Waals surface area contributed by atoms with Crippen molar-refractivity contribution in [1.82, 2.24) is 4.98 Å². The van der Waals surface area contributed by atoms with Gasteiger partial charge >= 0.3 is 0 Å². The third kappa shape index (κ3) is 2.75. The first-order valence-corrected chi connectivity index (χ1v) is 7.04. The molecule has 0 radical (unpaired) electrons. The van der Waals surface area contributed by atoms with Gasteiger partial charge in [-0.1, -0.05) is 24.3 Å². The second kappa shape index (κ2) is 5.51. The number of anilines is 1. The van der Waals surface area contributed by atoms with Crippen molar-refractivity contribution in [2.24, 2.45) is 0 Å². The number of para-hydroxylation sites is 1. The summed E-state index contributed by atoms with van der Waals surface area (Å²) in [5.74, 6) is 0.722. The van der Waals surface area contributed by atoms with Gasteiger partial charge in [0.15, 0.2) is 0 Å². The number of ether oxygens (including phenoxy) is 1. The first kappa shape index (κ1) is 12.9. The van der Waals surface area contributed by atoms with Gasteiger partial charge in [0.1, 0.15) is 12.4 Å². The highest BCUT2D eigenvalue weighted by Crippen LogP contribution is 2.27. The van der Waals surface area contributed by atoms with Gasteiger partial charge in [0.2, 0.25) is 0 Å². The fraction of sp³-hybridized carbons (Fsp3) is 0.0625. The van der Waals surface area contributed by atoms with Crippen LogP contribution in [-0.2, 0) is 6.61 Å². The summed E-state index contributed by atoms with van der Waals surface area (Å²) in [6.07, 6.45) is 0. The molecule has 4 heteroatoms. The van der Waals surface area contributed by atoms with Crippen LogP contribution in [0.2, 0.25) is 0 Å². The Morgan fingerprint density at radius 1 is 1.05 bits per heavy atom. The van der Waals surface area contributed by atoms with Gasteiger partial charge in [-0.3, -0.25) is 0 Å². The molecule has 0 atom stereocenters. The molecule has 0 bridgehead atoms. The number of hydrogen-bond donors (Lipinski definition) is 1. The smallest absolute Gasteiger partial charge is 0.136 e. The molecule has 0 saturated heterocycles. The lowest BCUT2D eigenvalue weighted by atomic mass is 10.2. The Hall–Kier alpha value is -2.07. The van der Waals surface area contributed by atoms with Crippen molar-refractivity contribution in [3.8, 4) is 5.75 Å². The van der Waals surface area contributed by atoms with E-state index in [1.165, 1.54) is 0 Å². The summed E-state index contributed by atoms with van der Waals surface area (Å²) in [5, 5.41) is 1.13. The van der Waals surface area contributed by atoms with Crippen LogP contribution in [0.3, 0.4) is 0 Å².